The maximum Gasteiger partial charge on any atom is 0.0641 e. The quantitative estimate of drug-likeness (QED) is 0.121. The molecule has 0 fully saturated rings. The Morgan fingerprint density at radius 1 is 0.239 bits per heavy atom. The molecule has 0 amide bonds. The molecule has 0 unspecified atom stereocenters. The van der Waals surface area contributed by atoms with Crippen molar-refractivity contribution in [3.63, 3.8) is 0 Å². The lowest BCUT2D eigenvalue weighted by molar-refractivity contribution is 0.867. The first kappa shape index (κ1) is 51.5. The molecular formula is C84H62N4. The van der Waals surface area contributed by atoms with Crippen LogP contribution in [-0.2, 0) is 0 Å². The van der Waals surface area contributed by atoms with Crippen molar-refractivity contribution in [3.8, 4) is 44.5 Å². The minimum atomic E-state index is 0.354. The average Bonchev–Trinajstić information content (AvgIpc) is 1.53. The van der Waals surface area contributed by atoms with Crippen LogP contribution in [0.15, 0.2) is 291 Å². The number of hydrogen-bond donors (Lipinski definition) is 0. The van der Waals surface area contributed by atoms with E-state index in [1.807, 2.05) is 0 Å². The van der Waals surface area contributed by atoms with Gasteiger partial charge in [-0.3, -0.25) is 0 Å². The summed E-state index contributed by atoms with van der Waals surface area (Å²) in [4.78, 5) is 5.13. The Labute approximate surface area is 512 Å². The highest BCUT2D eigenvalue weighted by Gasteiger charge is 2.31. The topological polar surface area (TPSA) is 15.3 Å². The summed E-state index contributed by atoms with van der Waals surface area (Å²) in [7, 11) is 0. The summed E-state index contributed by atoms with van der Waals surface area (Å²) in [5.74, 6) is 0.708. The Hall–Kier alpha value is -10.9. The molecule has 88 heavy (non-hydrogen) atoms. The Bertz CT molecular complexity index is 5160. The molecule has 4 heterocycles. The summed E-state index contributed by atoms with van der Waals surface area (Å²) < 4.78 is 5.15. The molecule has 17 rings (SSSR count). The summed E-state index contributed by atoms with van der Waals surface area (Å²) in [5, 5.41) is 9.82. The minimum Gasteiger partial charge on any atom is -0.309 e. The molecular weight excluding hydrogens is 1060 g/mol. The highest BCUT2D eigenvalue weighted by Crippen LogP contribution is 2.55. The lowest BCUT2D eigenvalue weighted by atomic mass is 9.93. The summed E-state index contributed by atoms with van der Waals surface area (Å²) in [6, 6.07) is 109. The zero-order valence-corrected chi connectivity index (χ0v) is 49.7. The fraction of sp³-hybridized carbons (Fsp3) is 0.0714. The SMILES string of the molecule is CC(C)c1ccc(N(c2ccccc2-c2ccccc2)c2ccc3c4cc5c(cc4n4c6ccccc6c2c34)c2ccc(N(c3ccccc3-c3ccccc3)c3ccc(C(C)C)cc3-c3ccccc3)c3c4ccccc4n5c23)c(-c2ccccc2)c1. The number of aromatic nitrogens is 2. The van der Waals surface area contributed by atoms with E-state index in [2.05, 4.69) is 337 Å². The van der Waals surface area contributed by atoms with Crippen LogP contribution in [0, 0.1) is 0 Å². The first-order valence-electron chi connectivity index (χ1n) is 31.0. The maximum atomic E-state index is 2.58. The van der Waals surface area contributed by atoms with E-state index in [-0.39, 0.29) is 0 Å². The predicted octanol–water partition coefficient (Wildman–Crippen LogP) is 23.8. The first-order valence-corrected chi connectivity index (χ1v) is 31.0. The Balaban J connectivity index is 0.948. The van der Waals surface area contributed by atoms with Gasteiger partial charge in [-0.05, 0) is 118 Å². The number of rotatable bonds is 12. The molecule has 0 saturated carbocycles. The molecule has 13 aromatic carbocycles. The highest BCUT2D eigenvalue weighted by molar-refractivity contribution is 6.32. The largest absolute Gasteiger partial charge is 0.309 e. The van der Waals surface area contributed by atoms with Gasteiger partial charge in [0, 0.05) is 65.3 Å². The van der Waals surface area contributed by atoms with Crippen LogP contribution >= 0.6 is 0 Å². The van der Waals surface area contributed by atoms with Crippen molar-refractivity contribution in [2.45, 2.75) is 39.5 Å². The maximum absolute atomic E-state index is 2.58. The molecule has 0 N–H and O–H groups in total. The molecule has 0 aliphatic carbocycles. The summed E-state index contributed by atoms with van der Waals surface area (Å²) >= 11 is 0. The van der Waals surface area contributed by atoms with Crippen molar-refractivity contribution in [1.29, 1.82) is 0 Å². The van der Waals surface area contributed by atoms with Gasteiger partial charge in [0.05, 0.1) is 67.2 Å². The lowest BCUT2D eigenvalue weighted by Gasteiger charge is -2.31. The Morgan fingerprint density at radius 2 is 0.557 bits per heavy atom. The minimum absolute atomic E-state index is 0.354. The molecule has 0 spiro atoms. The van der Waals surface area contributed by atoms with Crippen LogP contribution < -0.4 is 9.80 Å². The average molecular weight is 1130 g/mol. The molecule has 0 radical (unpaired) electrons. The van der Waals surface area contributed by atoms with E-state index in [0.717, 1.165) is 34.1 Å². The molecule has 4 heteroatoms. The van der Waals surface area contributed by atoms with E-state index in [0.29, 0.717) is 11.8 Å². The lowest BCUT2D eigenvalue weighted by Crippen LogP contribution is -2.13. The summed E-state index contributed by atoms with van der Waals surface area (Å²) in [5.41, 5.74) is 26.1. The van der Waals surface area contributed by atoms with E-state index >= 15 is 0 Å². The van der Waals surface area contributed by atoms with Crippen LogP contribution in [0.25, 0.3) is 121 Å². The number of para-hydroxylation sites is 4. The summed E-state index contributed by atoms with van der Waals surface area (Å²) in [6.45, 7) is 9.17. The number of benzene rings is 13. The molecule has 4 nitrogen and oxygen atoms in total. The third kappa shape index (κ3) is 7.85. The van der Waals surface area contributed by atoms with Gasteiger partial charge in [-0.2, -0.15) is 0 Å². The number of anilines is 6. The Kier molecular flexibility index (Phi) is 11.9. The first-order chi connectivity index (χ1) is 43.4. The van der Waals surface area contributed by atoms with Crippen molar-refractivity contribution in [2.24, 2.45) is 0 Å². The molecule has 0 saturated heterocycles. The fourth-order valence-electron chi connectivity index (χ4n) is 14.6. The molecule has 0 aliphatic rings. The van der Waals surface area contributed by atoms with Crippen molar-refractivity contribution < 1.29 is 0 Å². The molecule has 0 aliphatic heterocycles. The Morgan fingerprint density at radius 3 is 0.943 bits per heavy atom. The van der Waals surface area contributed by atoms with Crippen molar-refractivity contribution in [3.05, 3.63) is 302 Å². The van der Waals surface area contributed by atoms with Crippen LogP contribution in [0.3, 0.4) is 0 Å². The van der Waals surface area contributed by atoms with Crippen LogP contribution in [0.5, 0.6) is 0 Å². The summed E-state index contributed by atoms with van der Waals surface area (Å²) in [6.07, 6.45) is 0. The van der Waals surface area contributed by atoms with Gasteiger partial charge in [-0.25, -0.2) is 0 Å². The van der Waals surface area contributed by atoms with E-state index in [4.69, 9.17) is 0 Å². The van der Waals surface area contributed by atoms with Gasteiger partial charge < -0.3 is 18.6 Å². The van der Waals surface area contributed by atoms with Crippen molar-refractivity contribution >= 4 is 110 Å². The van der Waals surface area contributed by atoms with E-state index < -0.39 is 0 Å². The van der Waals surface area contributed by atoms with Crippen molar-refractivity contribution in [2.75, 3.05) is 9.80 Å². The van der Waals surface area contributed by atoms with Gasteiger partial charge in [0.2, 0.25) is 0 Å². The third-order valence-corrected chi connectivity index (χ3v) is 18.7. The van der Waals surface area contributed by atoms with E-state index in [1.165, 1.54) is 132 Å². The van der Waals surface area contributed by atoms with Crippen LogP contribution in [0.2, 0.25) is 0 Å². The number of hydrogen-bond acceptors (Lipinski definition) is 2. The number of fused-ring (bicyclic) bond motifs is 12. The highest BCUT2D eigenvalue weighted by atomic mass is 15.2. The van der Waals surface area contributed by atoms with Gasteiger partial charge in [0.1, 0.15) is 0 Å². The molecule has 0 bridgehead atoms. The van der Waals surface area contributed by atoms with Gasteiger partial charge in [0.25, 0.3) is 0 Å². The second-order valence-corrected chi connectivity index (χ2v) is 24.3. The van der Waals surface area contributed by atoms with Gasteiger partial charge in [-0.1, -0.05) is 246 Å². The van der Waals surface area contributed by atoms with Gasteiger partial charge in [-0.15, -0.1) is 0 Å². The van der Waals surface area contributed by atoms with Crippen LogP contribution in [-0.4, -0.2) is 8.80 Å². The molecule has 17 aromatic rings. The molecule has 0 atom stereocenters. The zero-order valence-electron chi connectivity index (χ0n) is 49.7. The third-order valence-electron chi connectivity index (χ3n) is 18.7. The van der Waals surface area contributed by atoms with Gasteiger partial charge in [0.15, 0.2) is 0 Å². The van der Waals surface area contributed by atoms with Crippen LogP contribution in [0.4, 0.5) is 34.1 Å². The molecule has 418 valence electrons. The van der Waals surface area contributed by atoms with Gasteiger partial charge >= 0.3 is 0 Å². The standard InChI is InChI=1S/C84H62N4/c1-53(2)59-41-45-75(67(49-59)57-29-13-7-14-30-57)85(71-37-21-17-33-61(71)55-25-9-5-10-26-55)77-47-43-63-69-51-80-70(52-79(69)87-73-39-23-19-35-65(73)81(77)83(63)87)64-44-48-78(82-66-36-20-24-40-74(66)88(80)84(64)82)86(72-38-22-18-34-62(72)56-27-11-6-12-28-56)76-46-42-60(54(3)4)50-68(76)58-31-15-8-16-32-58/h5-54H,1-4H3. The molecule has 4 aromatic heterocycles. The van der Waals surface area contributed by atoms with E-state index in [1.54, 1.807) is 0 Å². The van der Waals surface area contributed by atoms with Crippen LogP contribution in [0.1, 0.15) is 50.7 Å². The number of nitrogens with zero attached hydrogens (tertiary/aromatic N) is 4. The monoisotopic (exact) mass is 1130 g/mol. The normalized spacial score (nSPS) is 12.1. The van der Waals surface area contributed by atoms with Crippen molar-refractivity contribution in [1.82, 2.24) is 8.80 Å². The second-order valence-electron chi connectivity index (χ2n) is 24.3. The predicted molar refractivity (Wildman–Crippen MR) is 375 cm³/mol. The zero-order chi connectivity index (χ0) is 58.7. The second kappa shape index (κ2) is 20.4. The smallest absolute Gasteiger partial charge is 0.0641 e. The van der Waals surface area contributed by atoms with E-state index in [9.17, 15) is 0 Å². The fourth-order valence-corrected chi connectivity index (χ4v) is 14.6.